The molecule has 0 bridgehead atoms. The van der Waals surface area contributed by atoms with E-state index < -0.39 is 0 Å². The molecule has 2 aromatic heterocycles. The molecule has 0 aliphatic heterocycles. The van der Waals surface area contributed by atoms with Crippen LogP contribution in [0.1, 0.15) is 27.4 Å². The van der Waals surface area contributed by atoms with Gasteiger partial charge in [0.1, 0.15) is 5.76 Å². The lowest BCUT2D eigenvalue weighted by Gasteiger charge is -2.11. The molecule has 1 N–H and O–H groups in total. The van der Waals surface area contributed by atoms with Crippen molar-refractivity contribution in [3.63, 3.8) is 0 Å². The molecule has 146 valence electrons. The molecule has 0 saturated heterocycles. The number of thioether (sulfide) groups is 1. The Balaban J connectivity index is 1.52. The minimum atomic E-state index is -0.250. The SMILES string of the molecule is Cc1ccc(C(=O)Nc2ccccc2SCc2cc(=O)n3oc(C)cc3n2)cc1. The van der Waals surface area contributed by atoms with Crippen LogP contribution in [0.25, 0.3) is 5.65 Å². The maximum atomic E-state index is 12.6. The molecule has 2 aromatic carbocycles. The Morgan fingerprint density at radius 3 is 2.66 bits per heavy atom. The normalized spacial score (nSPS) is 11.0. The molecule has 0 atom stereocenters. The average molecular weight is 405 g/mol. The molecule has 4 aromatic rings. The highest BCUT2D eigenvalue weighted by molar-refractivity contribution is 7.98. The van der Waals surface area contributed by atoms with Gasteiger partial charge in [0.25, 0.3) is 11.5 Å². The van der Waals surface area contributed by atoms with Gasteiger partial charge in [-0.15, -0.1) is 16.3 Å². The summed E-state index contributed by atoms with van der Waals surface area (Å²) < 4.78 is 6.50. The Morgan fingerprint density at radius 1 is 1.10 bits per heavy atom. The minimum Gasteiger partial charge on any atom is -0.375 e. The van der Waals surface area contributed by atoms with Crippen molar-refractivity contribution in [2.75, 3.05) is 5.32 Å². The van der Waals surface area contributed by atoms with E-state index in [-0.39, 0.29) is 11.5 Å². The molecule has 29 heavy (non-hydrogen) atoms. The monoisotopic (exact) mass is 405 g/mol. The largest absolute Gasteiger partial charge is 0.375 e. The number of aromatic nitrogens is 2. The molecular weight excluding hydrogens is 386 g/mol. The number of carbonyl (C=O) groups is 1. The first-order valence-corrected chi connectivity index (χ1v) is 10.1. The molecule has 0 aliphatic carbocycles. The van der Waals surface area contributed by atoms with E-state index in [1.54, 1.807) is 25.1 Å². The number of nitrogens with one attached hydrogen (secondary N) is 1. The molecule has 7 heteroatoms. The van der Waals surface area contributed by atoms with Crippen molar-refractivity contribution in [3.8, 4) is 0 Å². The van der Waals surface area contributed by atoms with Crippen LogP contribution in [0.2, 0.25) is 0 Å². The highest BCUT2D eigenvalue weighted by Gasteiger charge is 2.11. The number of para-hydroxylation sites is 1. The maximum Gasteiger partial charge on any atom is 0.287 e. The summed E-state index contributed by atoms with van der Waals surface area (Å²) in [5.41, 5.74) is 3.32. The third-order valence-electron chi connectivity index (χ3n) is 4.35. The summed E-state index contributed by atoms with van der Waals surface area (Å²) in [6, 6.07) is 18.2. The molecule has 4 rings (SSSR count). The van der Waals surface area contributed by atoms with E-state index in [2.05, 4.69) is 10.3 Å². The summed E-state index contributed by atoms with van der Waals surface area (Å²) in [6.45, 7) is 3.76. The van der Waals surface area contributed by atoms with E-state index in [0.29, 0.717) is 28.4 Å². The fourth-order valence-electron chi connectivity index (χ4n) is 2.89. The molecule has 0 fully saturated rings. The van der Waals surface area contributed by atoms with Crippen LogP contribution >= 0.6 is 11.8 Å². The molecule has 6 nitrogen and oxygen atoms in total. The van der Waals surface area contributed by atoms with E-state index in [0.717, 1.165) is 16.1 Å². The number of hydrogen-bond acceptors (Lipinski definition) is 5. The topological polar surface area (TPSA) is 76.6 Å². The molecule has 1 amide bonds. The van der Waals surface area contributed by atoms with Gasteiger partial charge in [-0.05, 0) is 38.1 Å². The molecule has 2 heterocycles. The van der Waals surface area contributed by atoms with Crippen LogP contribution in [0.15, 0.2) is 74.9 Å². The zero-order chi connectivity index (χ0) is 20.4. The zero-order valence-corrected chi connectivity index (χ0v) is 16.8. The second-order valence-electron chi connectivity index (χ2n) is 6.69. The third kappa shape index (κ3) is 4.25. The van der Waals surface area contributed by atoms with Crippen molar-refractivity contribution < 1.29 is 9.32 Å². The highest BCUT2D eigenvalue weighted by atomic mass is 32.2. The predicted molar refractivity (Wildman–Crippen MR) is 114 cm³/mol. The van der Waals surface area contributed by atoms with E-state index in [1.165, 1.54) is 22.4 Å². The smallest absolute Gasteiger partial charge is 0.287 e. The Morgan fingerprint density at radius 2 is 1.86 bits per heavy atom. The van der Waals surface area contributed by atoms with Crippen molar-refractivity contribution in [2.45, 2.75) is 24.5 Å². The Labute approximate surface area is 171 Å². The van der Waals surface area contributed by atoms with Gasteiger partial charge in [0.15, 0.2) is 5.65 Å². The predicted octanol–water partition coefficient (Wildman–Crippen LogP) is 4.45. The van der Waals surface area contributed by atoms with Crippen LogP contribution in [0.5, 0.6) is 0 Å². The number of rotatable bonds is 5. The van der Waals surface area contributed by atoms with Gasteiger partial charge in [-0.25, -0.2) is 4.98 Å². The lowest BCUT2D eigenvalue weighted by molar-refractivity contribution is 0.102. The summed E-state index contributed by atoms with van der Waals surface area (Å²) in [7, 11) is 0. The van der Waals surface area contributed by atoms with Gasteiger partial charge in [-0.3, -0.25) is 9.59 Å². The number of carbonyl (C=O) groups excluding carboxylic acids is 1. The van der Waals surface area contributed by atoms with Gasteiger partial charge in [0, 0.05) is 28.3 Å². The molecule has 0 radical (unpaired) electrons. The van der Waals surface area contributed by atoms with Crippen LogP contribution < -0.4 is 10.9 Å². The van der Waals surface area contributed by atoms with Crippen LogP contribution in [-0.4, -0.2) is 15.5 Å². The number of nitrogens with zero attached hydrogens (tertiary/aromatic N) is 2. The Kier molecular flexibility index (Phi) is 5.22. The van der Waals surface area contributed by atoms with E-state index in [1.807, 2.05) is 43.3 Å². The van der Waals surface area contributed by atoms with Crippen molar-refractivity contribution in [2.24, 2.45) is 0 Å². The standard InChI is InChI=1S/C22H19N3O3S/c1-14-7-9-16(10-8-14)22(27)24-18-5-3-4-6-19(18)29-13-17-12-21(26)25-20(23-17)11-15(2)28-25/h3-12H,13H2,1-2H3,(H,24,27). The van der Waals surface area contributed by atoms with Crippen LogP contribution in [-0.2, 0) is 5.75 Å². The van der Waals surface area contributed by atoms with Crippen LogP contribution in [0.3, 0.4) is 0 Å². The van der Waals surface area contributed by atoms with Gasteiger partial charge in [0.05, 0.1) is 11.4 Å². The maximum absolute atomic E-state index is 12.6. The van der Waals surface area contributed by atoms with Crippen molar-refractivity contribution in [1.29, 1.82) is 0 Å². The lowest BCUT2D eigenvalue weighted by Crippen LogP contribution is -2.13. The number of anilines is 1. The van der Waals surface area contributed by atoms with Gasteiger partial charge >= 0.3 is 0 Å². The number of hydrogen-bond donors (Lipinski definition) is 1. The van der Waals surface area contributed by atoms with Crippen molar-refractivity contribution in [1.82, 2.24) is 9.56 Å². The Bertz CT molecular complexity index is 1240. The van der Waals surface area contributed by atoms with E-state index >= 15 is 0 Å². The summed E-state index contributed by atoms with van der Waals surface area (Å²) in [6.07, 6.45) is 0. The fraction of sp³-hybridized carbons (Fsp3) is 0.136. The Hall–Kier alpha value is -3.32. The highest BCUT2D eigenvalue weighted by Crippen LogP contribution is 2.29. The molecule has 0 spiro atoms. The number of fused-ring (bicyclic) bond motifs is 1. The first-order valence-electron chi connectivity index (χ1n) is 9.09. The first kappa shape index (κ1) is 19.0. The van der Waals surface area contributed by atoms with Gasteiger partial charge in [-0.2, -0.15) is 0 Å². The zero-order valence-electron chi connectivity index (χ0n) is 16.0. The quantitative estimate of drug-likeness (QED) is 0.497. The third-order valence-corrected chi connectivity index (χ3v) is 5.46. The number of aryl methyl sites for hydroxylation is 2. The van der Waals surface area contributed by atoms with Gasteiger partial charge in [-0.1, -0.05) is 29.8 Å². The molecule has 0 aliphatic rings. The molecule has 0 unspecified atom stereocenters. The van der Waals surface area contributed by atoms with Crippen LogP contribution in [0, 0.1) is 13.8 Å². The summed E-state index contributed by atoms with van der Waals surface area (Å²) >= 11 is 1.51. The fourth-order valence-corrected chi connectivity index (χ4v) is 3.80. The van der Waals surface area contributed by atoms with Crippen molar-refractivity contribution >= 4 is 29.0 Å². The molecule has 0 saturated carbocycles. The number of amides is 1. The summed E-state index contributed by atoms with van der Waals surface area (Å²) in [4.78, 5) is 30.1. The summed E-state index contributed by atoms with van der Waals surface area (Å²) in [5.74, 6) is 0.959. The van der Waals surface area contributed by atoms with E-state index in [4.69, 9.17) is 4.52 Å². The summed E-state index contributed by atoms with van der Waals surface area (Å²) in [5, 5.41) is 2.97. The second kappa shape index (κ2) is 7.97. The van der Waals surface area contributed by atoms with Crippen molar-refractivity contribution in [3.05, 3.63) is 93.6 Å². The van der Waals surface area contributed by atoms with Gasteiger partial charge < -0.3 is 9.84 Å². The van der Waals surface area contributed by atoms with Gasteiger partial charge in [0.2, 0.25) is 0 Å². The minimum absolute atomic E-state index is 0.162. The number of benzene rings is 2. The lowest BCUT2D eigenvalue weighted by atomic mass is 10.1. The molecular formula is C22H19N3O3S. The first-order chi connectivity index (χ1) is 14.0. The average Bonchev–Trinajstić information content (AvgIpc) is 3.08. The van der Waals surface area contributed by atoms with E-state index in [9.17, 15) is 9.59 Å². The van der Waals surface area contributed by atoms with Crippen LogP contribution in [0.4, 0.5) is 5.69 Å². The second-order valence-corrected chi connectivity index (χ2v) is 7.71.